The van der Waals surface area contributed by atoms with Crippen molar-refractivity contribution < 1.29 is 4.79 Å². The summed E-state index contributed by atoms with van der Waals surface area (Å²) in [6, 6.07) is 7.97. The lowest BCUT2D eigenvalue weighted by Crippen LogP contribution is -2.28. The molecule has 5 nitrogen and oxygen atoms in total. The van der Waals surface area contributed by atoms with Gasteiger partial charge in [0.25, 0.3) is 0 Å². The third-order valence-corrected chi connectivity index (χ3v) is 4.98. The van der Waals surface area contributed by atoms with Gasteiger partial charge in [-0.1, -0.05) is 35.5 Å². The molecule has 2 aromatic rings. The first-order valence-corrected chi connectivity index (χ1v) is 9.00. The second-order valence-electron chi connectivity index (χ2n) is 5.76. The molecule has 1 aliphatic carbocycles. The topological polar surface area (TPSA) is 59.8 Å². The van der Waals surface area contributed by atoms with Crippen molar-refractivity contribution in [1.29, 1.82) is 0 Å². The molecule has 0 saturated heterocycles. The highest BCUT2D eigenvalue weighted by atomic mass is 35.5. The van der Waals surface area contributed by atoms with Crippen molar-refractivity contribution in [1.82, 2.24) is 20.1 Å². The molecule has 0 unspecified atom stereocenters. The molecule has 1 amide bonds. The molecule has 1 fully saturated rings. The van der Waals surface area contributed by atoms with E-state index >= 15 is 0 Å². The number of hydrogen-bond donors (Lipinski definition) is 1. The van der Waals surface area contributed by atoms with Crippen LogP contribution in [0.25, 0.3) is 0 Å². The number of aryl methyl sites for hydroxylation is 1. The van der Waals surface area contributed by atoms with E-state index in [2.05, 4.69) is 20.1 Å². The summed E-state index contributed by atoms with van der Waals surface area (Å²) in [5.41, 5.74) is 0.993. The highest BCUT2D eigenvalue weighted by Gasteiger charge is 2.28. The first-order valence-electron chi connectivity index (χ1n) is 7.63. The predicted octanol–water partition coefficient (Wildman–Crippen LogP) is 3.54. The van der Waals surface area contributed by atoms with Gasteiger partial charge in [-0.3, -0.25) is 4.79 Å². The number of halogens is 1. The number of nitrogens with one attached hydrogen (secondary N) is 1. The summed E-state index contributed by atoms with van der Waals surface area (Å²) in [7, 11) is 0. The molecule has 23 heavy (non-hydrogen) atoms. The summed E-state index contributed by atoms with van der Waals surface area (Å²) in [6.45, 7) is 3.90. The standard InChI is InChI=1S/C16H19ClN4OS/c1-10(12-4-3-5-13(17)8-12)18-15(22)9-23-16-20-19-11(2)21(16)14-6-7-14/h3-5,8,10,14H,6-7,9H2,1-2H3,(H,18,22)/t10-/m1/s1. The molecule has 1 saturated carbocycles. The summed E-state index contributed by atoms with van der Waals surface area (Å²) >= 11 is 7.42. The number of thioether (sulfide) groups is 1. The van der Waals surface area contributed by atoms with Gasteiger partial charge in [-0.25, -0.2) is 0 Å². The molecule has 7 heteroatoms. The minimum atomic E-state index is -0.0789. The van der Waals surface area contributed by atoms with Crippen LogP contribution in [0.4, 0.5) is 0 Å². The van der Waals surface area contributed by atoms with E-state index in [0.29, 0.717) is 16.8 Å². The fourth-order valence-electron chi connectivity index (χ4n) is 2.47. The van der Waals surface area contributed by atoms with Gasteiger partial charge in [0, 0.05) is 11.1 Å². The number of carbonyl (C=O) groups is 1. The van der Waals surface area contributed by atoms with Crippen molar-refractivity contribution in [2.75, 3.05) is 5.75 Å². The summed E-state index contributed by atoms with van der Waals surface area (Å²) < 4.78 is 2.14. The van der Waals surface area contributed by atoms with Crippen LogP contribution in [0, 0.1) is 6.92 Å². The number of aromatic nitrogens is 3. The Balaban J connectivity index is 1.55. The summed E-state index contributed by atoms with van der Waals surface area (Å²) in [4.78, 5) is 12.2. The van der Waals surface area contributed by atoms with Crippen LogP contribution in [0.3, 0.4) is 0 Å². The van der Waals surface area contributed by atoms with Gasteiger partial charge in [-0.2, -0.15) is 0 Å². The number of carbonyl (C=O) groups excluding carboxylic acids is 1. The van der Waals surface area contributed by atoms with E-state index in [1.165, 1.54) is 24.6 Å². The molecule has 1 atom stereocenters. The van der Waals surface area contributed by atoms with E-state index in [0.717, 1.165) is 16.5 Å². The molecule has 1 heterocycles. The van der Waals surface area contributed by atoms with E-state index in [-0.39, 0.29) is 11.9 Å². The maximum atomic E-state index is 12.2. The molecular formula is C16H19ClN4OS. The van der Waals surface area contributed by atoms with Gasteiger partial charge in [-0.05, 0) is 44.4 Å². The van der Waals surface area contributed by atoms with Crippen LogP contribution in [0.5, 0.6) is 0 Å². The minimum Gasteiger partial charge on any atom is -0.349 e. The molecule has 0 radical (unpaired) electrons. The number of nitrogens with zero attached hydrogens (tertiary/aromatic N) is 3. The SMILES string of the molecule is Cc1nnc(SCC(=O)N[C@H](C)c2cccc(Cl)c2)n1C1CC1. The Bertz CT molecular complexity index is 714. The minimum absolute atomic E-state index is 0.0227. The van der Waals surface area contributed by atoms with Gasteiger partial charge in [0.2, 0.25) is 5.91 Å². The zero-order valence-corrected chi connectivity index (χ0v) is 14.7. The number of benzene rings is 1. The molecule has 0 spiro atoms. The zero-order chi connectivity index (χ0) is 16.4. The molecule has 1 aliphatic rings. The average molecular weight is 351 g/mol. The first-order chi connectivity index (χ1) is 11.0. The Morgan fingerprint density at radius 3 is 2.96 bits per heavy atom. The van der Waals surface area contributed by atoms with Crippen molar-refractivity contribution >= 4 is 29.3 Å². The third kappa shape index (κ3) is 4.06. The van der Waals surface area contributed by atoms with Gasteiger partial charge < -0.3 is 9.88 Å². The summed E-state index contributed by atoms with van der Waals surface area (Å²) in [6.07, 6.45) is 2.34. The largest absolute Gasteiger partial charge is 0.349 e. The van der Waals surface area contributed by atoms with E-state index in [1.807, 2.05) is 38.1 Å². The third-order valence-electron chi connectivity index (χ3n) is 3.81. The van der Waals surface area contributed by atoms with E-state index in [4.69, 9.17) is 11.6 Å². The van der Waals surface area contributed by atoms with E-state index in [9.17, 15) is 4.79 Å². The molecule has 0 aliphatic heterocycles. The van der Waals surface area contributed by atoms with Crippen LogP contribution in [0.1, 0.15) is 43.2 Å². The second kappa shape index (κ2) is 6.93. The van der Waals surface area contributed by atoms with Gasteiger partial charge in [0.1, 0.15) is 5.82 Å². The monoisotopic (exact) mass is 350 g/mol. The molecule has 0 bridgehead atoms. The number of rotatable bonds is 6. The Hall–Kier alpha value is -1.53. The molecule has 1 aromatic carbocycles. The maximum absolute atomic E-state index is 12.2. The fourth-order valence-corrected chi connectivity index (χ4v) is 3.54. The van der Waals surface area contributed by atoms with E-state index in [1.54, 1.807) is 0 Å². The van der Waals surface area contributed by atoms with Crippen molar-refractivity contribution in [2.45, 2.75) is 43.9 Å². The van der Waals surface area contributed by atoms with Crippen molar-refractivity contribution in [3.05, 3.63) is 40.7 Å². The lowest BCUT2D eigenvalue weighted by Gasteiger charge is -2.14. The van der Waals surface area contributed by atoms with Crippen molar-refractivity contribution in [3.8, 4) is 0 Å². The summed E-state index contributed by atoms with van der Waals surface area (Å²) in [5, 5.41) is 12.8. The van der Waals surface area contributed by atoms with Gasteiger partial charge in [-0.15, -0.1) is 10.2 Å². The Morgan fingerprint density at radius 2 is 2.26 bits per heavy atom. The highest BCUT2D eigenvalue weighted by molar-refractivity contribution is 7.99. The highest BCUT2D eigenvalue weighted by Crippen LogP contribution is 2.38. The summed E-state index contributed by atoms with van der Waals surface area (Å²) in [5.74, 6) is 1.23. The molecule has 122 valence electrons. The molecule has 1 N–H and O–H groups in total. The fraction of sp³-hybridized carbons (Fsp3) is 0.438. The van der Waals surface area contributed by atoms with Crippen LogP contribution in [-0.4, -0.2) is 26.4 Å². The number of hydrogen-bond acceptors (Lipinski definition) is 4. The Kier molecular flexibility index (Phi) is 4.92. The first kappa shape index (κ1) is 16.3. The Morgan fingerprint density at radius 1 is 1.48 bits per heavy atom. The van der Waals surface area contributed by atoms with Crippen LogP contribution >= 0.6 is 23.4 Å². The Labute approximate surface area is 144 Å². The van der Waals surface area contributed by atoms with E-state index < -0.39 is 0 Å². The zero-order valence-electron chi connectivity index (χ0n) is 13.1. The van der Waals surface area contributed by atoms with Crippen molar-refractivity contribution in [2.24, 2.45) is 0 Å². The number of amides is 1. The molecule has 1 aromatic heterocycles. The van der Waals surface area contributed by atoms with Crippen LogP contribution in [0.15, 0.2) is 29.4 Å². The van der Waals surface area contributed by atoms with Crippen LogP contribution < -0.4 is 5.32 Å². The lowest BCUT2D eigenvalue weighted by atomic mass is 10.1. The average Bonchev–Trinajstić information content (AvgIpc) is 3.28. The second-order valence-corrected chi connectivity index (χ2v) is 7.14. The lowest BCUT2D eigenvalue weighted by molar-refractivity contribution is -0.119. The van der Waals surface area contributed by atoms with Crippen LogP contribution in [0.2, 0.25) is 5.02 Å². The quantitative estimate of drug-likeness (QED) is 0.809. The van der Waals surface area contributed by atoms with Crippen molar-refractivity contribution in [3.63, 3.8) is 0 Å². The van der Waals surface area contributed by atoms with Gasteiger partial charge >= 0.3 is 0 Å². The van der Waals surface area contributed by atoms with Crippen LogP contribution in [-0.2, 0) is 4.79 Å². The smallest absolute Gasteiger partial charge is 0.230 e. The van der Waals surface area contributed by atoms with Gasteiger partial charge in [0.15, 0.2) is 5.16 Å². The van der Waals surface area contributed by atoms with Gasteiger partial charge in [0.05, 0.1) is 11.8 Å². The predicted molar refractivity (Wildman–Crippen MR) is 91.8 cm³/mol. The normalized spacial score (nSPS) is 15.4. The molecule has 3 rings (SSSR count). The maximum Gasteiger partial charge on any atom is 0.230 e. The molecular weight excluding hydrogens is 332 g/mol.